The summed E-state index contributed by atoms with van der Waals surface area (Å²) in [5.74, 6) is 1.60. The molecule has 1 fully saturated rings. The minimum absolute atomic E-state index is 0.323. The van der Waals surface area contributed by atoms with Gasteiger partial charge in [-0.15, -0.1) is 0 Å². The molecule has 82 valence electrons. The first-order valence-corrected chi connectivity index (χ1v) is 5.61. The highest BCUT2D eigenvalue weighted by Crippen LogP contribution is 2.24. The lowest BCUT2D eigenvalue weighted by atomic mass is 9.96. The SMILES string of the molecule is CC(C)CC1CC(=O)N(CCCN)C1. The molecule has 0 aliphatic carbocycles. The van der Waals surface area contributed by atoms with E-state index in [2.05, 4.69) is 13.8 Å². The van der Waals surface area contributed by atoms with Crippen molar-refractivity contribution in [3.63, 3.8) is 0 Å². The first-order chi connectivity index (χ1) is 6.63. The van der Waals surface area contributed by atoms with Gasteiger partial charge in [-0.1, -0.05) is 13.8 Å². The number of nitrogens with zero attached hydrogens (tertiary/aromatic N) is 1. The molecule has 1 saturated heterocycles. The fourth-order valence-corrected chi connectivity index (χ4v) is 2.18. The molecular weight excluding hydrogens is 176 g/mol. The van der Waals surface area contributed by atoms with Gasteiger partial charge in [0.15, 0.2) is 0 Å². The van der Waals surface area contributed by atoms with E-state index in [1.165, 1.54) is 6.42 Å². The number of hydrogen-bond acceptors (Lipinski definition) is 2. The number of carbonyl (C=O) groups is 1. The first-order valence-electron chi connectivity index (χ1n) is 5.61. The summed E-state index contributed by atoms with van der Waals surface area (Å²) in [6.07, 6.45) is 2.85. The largest absolute Gasteiger partial charge is 0.342 e. The van der Waals surface area contributed by atoms with Crippen molar-refractivity contribution in [2.24, 2.45) is 17.6 Å². The van der Waals surface area contributed by atoms with E-state index in [1.807, 2.05) is 4.90 Å². The van der Waals surface area contributed by atoms with E-state index in [4.69, 9.17) is 5.73 Å². The van der Waals surface area contributed by atoms with E-state index >= 15 is 0 Å². The van der Waals surface area contributed by atoms with Crippen LogP contribution in [0.25, 0.3) is 0 Å². The molecule has 1 unspecified atom stereocenters. The number of amides is 1. The zero-order chi connectivity index (χ0) is 10.6. The fourth-order valence-electron chi connectivity index (χ4n) is 2.18. The predicted molar refractivity (Wildman–Crippen MR) is 57.8 cm³/mol. The normalized spacial score (nSPS) is 22.4. The van der Waals surface area contributed by atoms with Crippen LogP contribution in [0.3, 0.4) is 0 Å². The van der Waals surface area contributed by atoms with Crippen LogP contribution in [0.15, 0.2) is 0 Å². The minimum Gasteiger partial charge on any atom is -0.342 e. The van der Waals surface area contributed by atoms with Gasteiger partial charge in [0.05, 0.1) is 0 Å². The van der Waals surface area contributed by atoms with Crippen molar-refractivity contribution in [2.45, 2.75) is 33.1 Å². The minimum atomic E-state index is 0.323. The molecule has 14 heavy (non-hydrogen) atoms. The smallest absolute Gasteiger partial charge is 0.222 e. The van der Waals surface area contributed by atoms with Crippen LogP contribution >= 0.6 is 0 Å². The summed E-state index contributed by atoms with van der Waals surface area (Å²) >= 11 is 0. The third-order valence-corrected chi connectivity index (χ3v) is 2.73. The highest BCUT2D eigenvalue weighted by atomic mass is 16.2. The lowest BCUT2D eigenvalue weighted by Crippen LogP contribution is -2.27. The molecule has 0 spiro atoms. The van der Waals surface area contributed by atoms with Crippen molar-refractivity contribution >= 4 is 5.91 Å². The predicted octanol–water partition coefficient (Wildman–Crippen LogP) is 1.23. The van der Waals surface area contributed by atoms with Gasteiger partial charge in [0.1, 0.15) is 0 Å². The number of rotatable bonds is 5. The second-order valence-electron chi connectivity index (χ2n) is 4.68. The van der Waals surface area contributed by atoms with Crippen molar-refractivity contribution in [3.05, 3.63) is 0 Å². The van der Waals surface area contributed by atoms with Crippen molar-refractivity contribution < 1.29 is 4.79 Å². The Bertz CT molecular complexity index is 192. The summed E-state index contributed by atoms with van der Waals surface area (Å²) in [7, 11) is 0. The second-order valence-corrected chi connectivity index (χ2v) is 4.68. The Kier molecular flexibility index (Phi) is 4.39. The molecule has 1 amide bonds. The zero-order valence-corrected chi connectivity index (χ0v) is 9.33. The lowest BCUT2D eigenvalue weighted by molar-refractivity contribution is -0.127. The topological polar surface area (TPSA) is 46.3 Å². The maximum absolute atomic E-state index is 11.6. The van der Waals surface area contributed by atoms with Gasteiger partial charge in [0, 0.05) is 19.5 Å². The number of likely N-dealkylation sites (tertiary alicyclic amines) is 1. The van der Waals surface area contributed by atoms with Crippen molar-refractivity contribution in [1.29, 1.82) is 0 Å². The summed E-state index contributed by atoms with van der Waals surface area (Å²) in [5, 5.41) is 0. The van der Waals surface area contributed by atoms with Gasteiger partial charge in [-0.05, 0) is 31.2 Å². The molecule has 1 aliphatic rings. The third kappa shape index (κ3) is 3.29. The Balaban J connectivity index is 2.31. The van der Waals surface area contributed by atoms with E-state index in [0.717, 1.165) is 25.9 Å². The molecule has 3 nitrogen and oxygen atoms in total. The number of hydrogen-bond donors (Lipinski definition) is 1. The van der Waals surface area contributed by atoms with E-state index < -0.39 is 0 Å². The summed E-state index contributed by atoms with van der Waals surface area (Å²) in [4.78, 5) is 13.5. The van der Waals surface area contributed by atoms with E-state index in [0.29, 0.717) is 24.3 Å². The van der Waals surface area contributed by atoms with Crippen LogP contribution in [-0.4, -0.2) is 30.4 Å². The molecule has 3 heteroatoms. The Morgan fingerprint density at radius 1 is 1.57 bits per heavy atom. The summed E-state index contributed by atoms with van der Waals surface area (Å²) in [5.41, 5.74) is 5.43. The van der Waals surface area contributed by atoms with Crippen LogP contribution in [0.4, 0.5) is 0 Å². The number of nitrogens with two attached hydrogens (primary N) is 1. The van der Waals surface area contributed by atoms with Crippen LogP contribution in [0, 0.1) is 11.8 Å². The highest BCUT2D eigenvalue weighted by Gasteiger charge is 2.28. The van der Waals surface area contributed by atoms with Gasteiger partial charge in [-0.25, -0.2) is 0 Å². The van der Waals surface area contributed by atoms with Crippen LogP contribution in [-0.2, 0) is 4.79 Å². The fraction of sp³-hybridized carbons (Fsp3) is 0.909. The molecular formula is C11H22N2O. The Hall–Kier alpha value is -0.570. The maximum atomic E-state index is 11.6. The van der Waals surface area contributed by atoms with Crippen LogP contribution < -0.4 is 5.73 Å². The van der Waals surface area contributed by atoms with Gasteiger partial charge in [0.2, 0.25) is 5.91 Å². The molecule has 0 aromatic heterocycles. The summed E-state index contributed by atoms with van der Waals surface area (Å²) in [6, 6.07) is 0. The molecule has 0 aromatic rings. The Labute approximate surface area is 86.6 Å². The molecule has 2 N–H and O–H groups in total. The summed E-state index contributed by atoms with van der Waals surface area (Å²) < 4.78 is 0. The van der Waals surface area contributed by atoms with Crippen molar-refractivity contribution in [1.82, 2.24) is 4.90 Å². The third-order valence-electron chi connectivity index (χ3n) is 2.73. The molecule has 0 aromatic carbocycles. The first kappa shape index (κ1) is 11.5. The molecule has 1 atom stereocenters. The monoisotopic (exact) mass is 198 g/mol. The standard InChI is InChI=1S/C11H22N2O/c1-9(2)6-10-7-11(14)13(8-10)5-3-4-12/h9-10H,3-8,12H2,1-2H3. The highest BCUT2D eigenvalue weighted by molar-refractivity contribution is 5.78. The van der Waals surface area contributed by atoms with E-state index in [9.17, 15) is 4.79 Å². The van der Waals surface area contributed by atoms with Gasteiger partial charge in [-0.3, -0.25) is 4.79 Å². The van der Waals surface area contributed by atoms with E-state index in [1.54, 1.807) is 0 Å². The molecule has 0 saturated carbocycles. The summed E-state index contributed by atoms with van der Waals surface area (Å²) in [6.45, 7) is 6.92. The molecule has 0 bridgehead atoms. The quantitative estimate of drug-likeness (QED) is 0.722. The second kappa shape index (κ2) is 5.35. The van der Waals surface area contributed by atoms with Gasteiger partial charge >= 0.3 is 0 Å². The average molecular weight is 198 g/mol. The average Bonchev–Trinajstić information content (AvgIpc) is 2.41. The Morgan fingerprint density at radius 3 is 2.86 bits per heavy atom. The Morgan fingerprint density at radius 2 is 2.29 bits per heavy atom. The van der Waals surface area contributed by atoms with Crippen molar-refractivity contribution in [3.8, 4) is 0 Å². The molecule has 1 aliphatic heterocycles. The lowest BCUT2D eigenvalue weighted by Gasteiger charge is -2.16. The molecule has 0 radical (unpaired) electrons. The molecule has 1 rings (SSSR count). The number of carbonyl (C=O) groups excluding carboxylic acids is 1. The van der Waals surface area contributed by atoms with Crippen LogP contribution in [0.1, 0.15) is 33.1 Å². The van der Waals surface area contributed by atoms with Gasteiger partial charge in [-0.2, -0.15) is 0 Å². The molecule has 1 heterocycles. The van der Waals surface area contributed by atoms with Gasteiger partial charge < -0.3 is 10.6 Å². The van der Waals surface area contributed by atoms with Gasteiger partial charge in [0.25, 0.3) is 0 Å². The van der Waals surface area contributed by atoms with Crippen LogP contribution in [0.5, 0.6) is 0 Å². The van der Waals surface area contributed by atoms with E-state index in [-0.39, 0.29) is 0 Å². The van der Waals surface area contributed by atoms with Crippen molar-refractivity contribution in [2.75, 3.05) is 19.6 Å². The van der Waals surface area contributed by atoms with Crippen LogP contribution in [0.2, 0.25) is 0 Å². The maximum Gasteiger partial charge on any atom is 0.222 e. The zero-order valence-electron chi connectivity index (χ0n) is 9.33.